The van der Waals surface area contributed by atoms with E-state index in [-0.39, 0.29) is 0 Å². The standard InChI is InChI=1S/C7H12O7/c1-2(8)3(9)4(10)5(11)6(12)7(13)14/h2-5,8-11H,1H3,(H,13,14)/t2?,3-,4+,5+/m0/s1. The molecule has 0 radical (unpaired) electrons. The Labute approximate surface area is 79.2 Å². The molecule has 82 valence electrons. The van der Waals surface area contributed by atoms with Gasteiger partial charge in [0.05, 0.1) is 6.10 Å². The lowest BCUT2D eigenvalue weighted by Crippen LogP contribution is -2.48. The molecule has 0 rings (SSSR count). The van der Waals surface area contributed by atoms with E-state index in [2.05, 4.69) is 0 Å². The molecule has 0 saturated carbocycles. The molecule has 0 bridgehead atoms. The molecule has 0 fully saturated rings. The fourth-order valence-electron chi connectivity index (χ4n) is 0.754. The second kappa shape index (κ2) is 5.01. The Morgan fingerprint density at radius 1 is 1.00 bits per heavy atom. The van der Waals surface area contributed by atoms with Gasteiger partial charge in [0.25, 0.3) is 5.78 Å². The Balaban J connectivity index is 4.46. The Morgan fingerprint density at radius 3 is 1.71 bits per heavy atom. The number of aliphatic hydroxyl groups is 4. The fourth-order valence-corrected chi connectivity index (χ4v) is 0.754. The first-order valence-electron chi connectivity index (χ1n) is 3.78. The van der Waals surface area contributed by atoms with Crippen LogP contribution in [0.2, 0.25) is 0 Å². The molecule has 0 aromatic carbocycles. The number of carboxylic acid groups (broad SMARTS) is 1. The molecular formula is C7H12O7. The van der Waals surface area contributed by atoms with Gasteiger partial charge in [-0.05, 0) is 6.92 Å². The van der Waals surface area contributed by atoms with E-state index < -0.39 is 36.2 Å². The van der Waals surface area contributed by atoms with Crippen molar-refractivity contribution in [3.05, 3.63) is 0 Å². The molecule has 0 saturated heterocycles. The fraction of sp³-hybridized carbons (Fsp3) is 0.714. The van der Waals surface area contributed by atoms with E-state index in [0.29, 0.717) is 0 Å². The highest BCUT2D eigenvalue weighted by molar-refractivity contribution is 6.34. The molecule has 4 atom stereocenters. The molecule has 0 amide bonds. The molecule has 1 unspecified atom stereocenters. The summed E-state index contributed by atoms with van der Waals surface area (Å²) < 4.78 is 0. The number of Topliss-reactive ketones (excluding diaryl/α,β-unsaturated/α-hetero) is 1. The smallest absolute Gasteiger partial charge is 0.375 e. The second-order valence-corrected chi connectivity index (χ2v) is 2.84. The van der Waals surface area contributed by atoms with Crippen LogP contribution in [0.1, 0.15) is 6.92 Å². The highest BCUT2D eigenvalue weighted by Crippen LogP contribution is 2.05. The number of hydrogen-bond acceptors (Lipinski definition) is 6. The maximum Gasteiger partial charge on any atom is 0.375 e. The topological polar surface area (TPSA) is 135 Å². The molecule has 0 aliphatic rings. The second-order valence-electron chi connectivity index (χ2n) is 2.84. The van der Waals surface area contributed by atoms with Gasteiger partial charge < -0.3 is 25.5 Å². The van der Waals surface area contributed by atoms with Crippen molar-refractivity contribution in [3.63, 3.8) is 0 Å². The molecule has 7 heteroatoms. The minimum Gasteiger partial charge on any atom is -0.475 e. The summed E-state index contributed by atoms with van der Waals surface area (Å²) in [5, 5.41) is 43.9. The maximum absolute atomic E-state index is 10.6. The van der Waals surface area contributed by atoms with Crippen molar-refractivity contribution in [1.29, 1.82) is 0 Å². The molecule has 7 nitrogen and oxygen atoms in total. The van der Waals surface area contributed by atoms with Crippen LogP contribution in [0.5, 0.6) is 0 Å². The highest BCUT2D eigenvalue weighted by Gasteiger charge is 2.35. The van der Waals surface area contributed by atoms with Crippen molar-refractivity contribution in [2.45, 2.75) is 31.3 Å². The largest absolute Gasteiger partial charge is 0.475 e. The number of carboxylic acids is 1. The summed E-state index contributed by atoms with van der Waals surface area (Å²) in [5.41, 5.74) is 0. The van der Waals surface area contributed by atoms with E-state index in [1.54, 1.807) is 0 Å². The van der Waals surface area contributed by atoms with Crippen LogP contribution in [0, 0.1) is 0 Å². The van der Waals surface area contributed by atoms with Crippen molar-refractivity contribution in [2.24, 2.45) is 0 Å². The van der Waals surface area contributed by atoms with Gasteiger partial charge in [-0.2, -0.15) is 0 Å². The molecule has 0 spiro atoms. The third-order valence-corrected chi connectivity index (χ3v) is 1.65. The van der Waals surface area contributed by atoms with Gasteiger partial charge in [-0.3, -0.25) is 4.79 Å². The summed E-state index contributed by atoms with van der Waals surface area (Å²) >= 11 is 0. The van der Waals surface area contributed by atoms with Gasteiger partial charge in [0.2, 0.25) is 0 Å². The number of rotatable bonds is 5. The number of aliphatic hydroxyl groups excluding tert-OH is 4. The monoisotopic (exact) mass is 208 g/mol. The lowest BCUT2D eigenvalue weighted by molar-refractivity contribution is -0.161. The lowest BCUT2D eigenvalue weighted by atomic mass is 10.0. The van der Waals surface area contributed by atoms with Gasteiger partial charge in [0.1, 0.15) is 12.2 Å². The first kappa shape index (κ1) is 13.0. The van der Waals surface area contributed by atoms with Crippen LogP contribution < -0.4 is 0 Å². The number of aliphatic carboxylic acids is 1. The molecule has 0 aromatic heterocycles. The average Bonchev–Trinajstić information content (AvgIpc) is 2.12. The summed E-state index contributed by atoms with van der Waals surface area (Å²) in [5.74, 6) is -3.56. The van der Waals surface area contributed by atoms with Crippen molar-refractivity contribution in [2.75, 3.05) is 0 Å². The lowest BCUT2D eigenvalue weighted by Gasteiger charge is -2.22. The van der Waals surface area contributed by atoms with E-state index in [4.69, 9.17) is 25.5 Å². The number of carbonyl (C=O) groups is 2. The zero-order valence-electron chi connectivity index (χ0n) is 7.36. The third kappa shape index (κ3) is 3.04. The predicted molar refractivity (Wildman–Crippen MR) is 42.3 cm³/mol. The van der Waals surface area contributed by atoms with Gasteiger partial charge in [-0.25, -0.2) is 4.79 Å². The van der Waals surface area contributed by atoms with Gasteiger partial charge in [-0.15, -0.1) is 0 Å². The highest BCUT2D eigenvalue weighted by atomic mass is 16.4. The first-order chi connectivity index (χ1) is 6.29. The number of hydrogen-bond donors (Lipinski definition) is 5. The van der Waals surface area contributed by atoms with Gasteiger partial charge in [0.15, 0.2) is 6.10 Å². The zero-order chi connectivity index (χ0) is 11.5. The number of carbonyl (C=O) groups excluding carboxylic acids is 1. The summed E-state index contributed by atoms with van der Waals surface area (Å²) in [6, 6.07) is 0. The van der Waals surface area contributed by atoms with Crippen LogP contribution >= 0.6 is 0 Å². The van der Waals surface area contributed by atoms with E-state index in [9.17, 15) is 9.59 Å². The van der Waals surface area contributed by atoms with E-state index in [1.807, 2.05) is 0 Å². The molecule has 14 heavy (non-hydrogen) atoms. The Hall–Kier alpha value is -1.02. The normalized spacial score (nSPS) is 19.5. The summed E-state index contributed by atoms with van der Waals surface area (Å²) in [6.07, 6.45) is -7.45. The van der Waals surface area contributed by atoms with Crippen LogP contribution in [0.4, 0.5) is 0 Å². The minimum atomic E-state index is -2.25. The summed E-state index contributed by atoms with van der Waals surface area (Å²) in [4.78, 5) is 20.7. The summed E-state index contributed by atoms with van der Waals surface area (Å²) in [6.45, 7) is 1.12. The van der Waals surface area contributed by atoms with Crippen molar-refractivity contribution in [3.8, 4) is 0 Å². The third-order valence-electron chi connectivity index (χ3n) is 1.65. The van der Waals surface area contributed by atoms with Crippen LogP contribution in [0.25, 0.3) is 0 Å². The van der Waals surface area contributed by atoms with Crippen LogP contribution in [-0.4, -0.2) is 61.7 Å². The van der Waals surface area contributed by atoms with Gasteiger partial charge in [0, 0.05) is 0 Å². The molecular weight excluding hydrogens is 196 g/mol. The van der Waals surface area contributed by atoms with Gasteiger partial charge in [-0.1, -0.05) is 0 Å². The molecule has 0 aromatic rings. The Bertz CT molecular complexity index is 224. The van der Waals surface area contributed by atoms with Crippen molar-refractivity contribution in [1.82, 2.24) is 0 Å². The van der Waals surface area contributed by atoms with Crippen molar-refractivity contribution >= 4 is 11.8 Å². The maximum atomic E-state index is 10.6. The van der Waals surface area contributed by atoms with Crippen LogP contribution in [-0.2, 0) is 9.59 Å². The minimum absolute atomic E-state index is 1.12. The first-order valence-corrected chi connectivity index (χ1v) is 3.78. The quantitative estimate of drug-likeness (QED) is 0.306. The Morgan fingerprint density at radius 2 is 1.43 bits per heavy atom. The molecule has 0 aliphatic heterocycles. The zero-order valence-corrected chi connectivity index (χ0v) is 7.36. The van der Waals surface area contributed by atoms with E-state index in [1.165, 1.54) is 0 Å². The van der Waals surface area contributed by atoms with Gasteiger partial charge >= 0.3 is 5.97 Å². The van der Waals surface area contributed by atoms with E-state index in [0.717, 1.165) is 6.92 Å². The Kier molecular flexibility index (Phi) is 4.64. The molecule has 5 N–H and O–H groups in total. The molecule has 0 heterocycles. The number of ketones is 1. The molecule has 0 aliphatic carbocycles. The van der Waals surface area contributed by atoms with E-state index >= 15 is 0 Å². The van der Waals surface area contributed by atoms with Crippen molar-refractivity contribution < 1.29 is 35.1 Å². The average molecular weight is 208 g/mol. The van der Waals surface area contributed by atoms with Crippen LogP contribution in [0.15, 0.2) is 0 Å². The van der Waals surface area contributed by atoms with Crippen LogP contribution in [0.3, 0.4) is 0 Å². The summed E-state index contributed by atoms with van der Waals surface area (Å²) in [7, 11) is 0. The predicted octanol–water partition coefficient (Wildman–Crippen LogP) is -2.90. The SMILES string of the molecule is CC(O)[C@H](O)[C@@H](O)[C@@H](O)C(=O)C(=O)O.